The molecule has 1 aromatic carbocycles. The van der Waals surface area contributed by atoms with Gasteiger partial charge in [0, 0.05) is 15.6 Å². The normalized spacial score (nSPS) is 10.7. The van der Waals surface area contributed by atoms with E-state index in [4.69, 9.17) is 0 Å². The molecule has 0 radical (unpaired) electrons. The van der Waals surface area contributed by atoms with E-state index >= 15 is 0 Å². The number of pyridine rings is 1. The van der Waals surface area contributed by atoms with Gasteiger partial charge in [0.1, 0.15) is 5.82 Å². The molecule has 0 unspecified atom stereocenters. The number of para-hydroxylation sites is 1. The van der Waals surface area contributed by atoms with Crippen molar-refractivity contribution in [2.75, 3.05) is 5.32 Å². The van der Waals surface area contributed by atoms with E-state index in [0.717, 1.165) is 4.47 Å². The van der Waals surface area contributed by atoms with Crippen LogP contribution in [-0.4, -0.2) is 10.7 Å². The maximum absolute atomic E-state index is 12.4. The van der Waals surface area contributed by atoms with Crippen molar-refractivity contribution in [1.29, 1.82) is 0 Å². The third-order valence-electron chi connectivity index (χ3n) is 2.09. The van der Waals surface area contributed by atoms with E-state index < -0.39 is 5.76 Å². The maximum atomic E-state index is 12.4. The third-order valence-corrected chi connectivity index (χ3v) is 3.35. The summed E-state index contributed by atoms with van der Waals surface area (Å²) in [5.74, 6) is -1.83. The van der Waals surface area contributed by atoms with Gasteiger partial charge in [0.2, 0.25) is 0 Å². The van der Waals surface area contributed by atoms with E-state index in [2.05, 4.69) is 26.2 Å². The van der Waals surface area contributed by atoms with E-state index in [1.165, 1.54) is 0 Å². The van der Waals surface area contributed by atoms with Crippen molar-refractivity contribution in [1.82, 2.24) is 4.98 Å². The lowest BCUT2D eigenvalue weighted by Crippen LogP contribution is -1.95. The SMILES string of the molecule is FC(F)Sc1ccccc1Nc1ccc(Br)cn1. The highest BCUT2D eigenvalue weighted by atomic mass is 79.9. The van der Waals surface area contributed by atoms with Gasteiger partial charge in [0.05, 0.1) is 5.69 Å². The van der Waals surface area contributed by atoms with Crippen LogP contribution in [0.15, 0.2) is 52.0 Å². The molecule has 2 rings (SSSR count). The zero-order valence-electron chi connectivity index (χ0n) is 9.11. The average molecular weight is 331 g/mol. The lowest BCUT2D eigenvalue weighted by atomic mass is 10.3. The first-order valence-electron chi connectivity index (χ1n) is 5.07. The smallest absolute Gasteiger partial charge is 0.288 e. The number of alkyl halides is 2. The predicted octanol–water partition coefficient (Wildman–Crippen LogP) is 4.90. The highest BCUT2D eigenvalue weighted by molar-refractivity contribution is 9.10. The summed E-state index contributed by atoms with van der Waals surface area (Å²) in [6.45, 7) is 0. The fourth-order valence-electron chi connectivity index (χ4n) is 1.36. The monoisotopic (exact) mass is 330 g/mol. The number of nitrogens with zero attached hydrogens (tertiary/aromatic N) is 1. The average Bonchev–Trinajstić information content (AvgIpc) is 2.34. The van der Waals surface area contributed by atoms with Gasteiger partial charge in [-0.25, -0.2) is 4.98 Å². The molecule has 2 aromatic rings. The van der Waals surface area contributed by atoms with E-state index in [1.807, 2.05) is 6.07 Å². The molecule has 1 heterocycles. The molecule has 18 heavy (non-hydrogen) atoms. The van der Waals surface area contributed by atoms with E-state index in [1.54, 1.807) is 36.5 Å². The van der Waals surface area contributed by atoms with Crippen LogP contribution >= 0.6 is 27.7 Å². The van der Waals surface area contributed by atoms with Gasteiger partial charge in [-0.2, -0.15) is 8.78 Å². The van der Waals surface area contributed by atoms with Gasteiger partial charge < -0.3 is 5.32 Å². The van der Waals surface area contributed by atoms with Crippen molar-refractivity contribution < 1.29 is 8.78 Å². The van der Waals surface area contributed by atoms with E-state index in [0.29, 0.717) is 28.2 Å². The Kier molecular flexibility index (Phi) is 4.54. The van der Waals surface area contributed by atoms with E-state index in [-0.39, 0.29) is 0 Å². The van der Waals surface area contributed by atoms with Crippen LogP contribution in [0.3, 0.4) is 0 Å². The van der Waals surface area contributed by atoms with Crippen molar-refractivity contribution in [2.24, 2.45) is 0 Å². The molecule has 6 heteroatoms. The number of hydrogen-bond donors (Lipinski definition) is 1. The fraction of sp³-hybridized carbons (Fsp3) is 0.0833. The summed E-state index contributed by atoms with van der Waals surface area (Å²) in [6.07, 6.45) is 1.64. The molecule has 0 amide bonds. The zero-order valence-corrected chi connectivity index (χ0v) is 11.5. The van der Waals surface area contributed by atoms with Crippen LogP contribution < -0.4 is 5.32 Å². The number of anilines is 2. The first-order chi connectivity index (χ1) is 8.65. The number of benzene rings is 1. The standard InChI is InChI=1S/C12H9BrF2N2S/c13-8-5-6-11(16-7-8)17-9-3-1-2-4-10(9)18-12(14)15/h1-7,12H,(H,16,17). The second-order valence-electron chi connectivity index (χ2n) is 3.36. The van der Waals surface area contributed by atoms with Crippen LogP contribution in [0.1, 0.15) is 0 Å². The molecule has 0 fully saturated rings. The first-order valence-corrected chi connectivity index (χ1v) is 6.75. The van der Waals surface area contributed by atoms with Crippen molar-refractivity contribution in [3.05, 3.63) is 47.1 Å². The summed E-state index contributed by atoms with van der Waals surface area (Å²) in [7, 11) is 0. The Hall–Kier alpha value is -1.14. The van der Waals surface area contributed by atoms with Gasteiger partial charge in [-0.05, 0) is 40.2 Å². The Morgan fingerprint density at radius 2 is 1.94 bits per heavy atom. The number of hydrogen-bond acceptors (Lipinski definition) is 3. The fourth-order valence-corrected chi connectivity index (χ4v) is 2.19. The summed E-state index contributed by atoms with van der Waals surface area (Å²) in [4.78, 5) is 4.64. The lowest BCUT2D eigenvalue weighted by molar-refractivity contribution is 0.252. The van der Waals surface area contributed by atoms with Crippen LogP contribution in [0, 0.1) is 0 Å². The summed E-state index contributed by atoms with van der Waals surface area (Å²) >= 11 is 3.80. The van der Waals surface area contributed by atoms with E-state index in [9.17, 15) is 8.78 Å². The summed E-state index contributed by atoms with van der Waals surface area (Å²) in [5.41, 5.74) is 0.623. The van der Waals surface area contributed by atoms with Crippen molar-refractivity contribution in [3.8, 4) is 0 Å². The van der Waals surface area contributed by atoms with Crippen LogP contribution in [0.2, 0.25) is 0 Å². The minimum absolute atomic E-state index is 0.497. The molecule has 0 aliphatic rings. The molecule has 0 aliphatic heterocycles. The second kappa shape index (κ2) is 6.15. The first kappa shape index (κ1) is 13.3. The highest BCUT2D eigenvalue weighted by Gasteiger charge is 2.09. The Balaban J connectivity index is 2.20. The third kappa shape index (κ3) is 3.68. The summed E-state index contributed by atoms with van der Waals surface area (Å²) in [5, 5.41) is 3.02. The molecule has 94 valence electrons. The molecule has 0 saturated heterocycles. The number of halogens is 3. The molecule has 1 aromatic heterocycles. The molecule has 1 N–H and O–H groups in total. The largest absolute Gasteiger partial charge is 0.339 e. The summed E-state index contributed by atoms with van der Waals surface area (Å²) < 4.78 is 25.7. The number of thioether (sulfide) groups is 1. The van der Waals surface area contributed by atoms with Crippen molar-refractivity contribution in [3.63, 3.8) is 0 Å². The Bertz CT molecular complexity index is 520. The Labute approximate surface area is 116 Å². The Morgan fingerprint density at radius 1 is 1.17 bits per heavy atom. The molecule has 2 nitrogen and oxygen atoms in total. The van der Waals surface area contributed by atoms with Crippen LogP contribution in [0.25, 0.3) is 0 Å². The van der Waals surface area contributed by atoms with Crippen LogP contribution in [0.4, 0.5) is 20.3 Å². The van der Waals surface area contributed by atoms with Gasteiger partial charge in [-0.1, -0.05) is 23.9 Å². The minimum atomic E-state index is -2.44. The molecule has 0 bridgehead atoms. The van der Waals surface area contributed by atoms with Gasteiger partial charge in [-0.3, -0.25) is 0 Å². The topological polar surface area (TPSA) is 24.9 Å². The zero-order chi connectivity index (χ0) is 13.0. The molecule has 0 saturated carbocycles. The second-order valence-corrected chi connectivity index (χ2v) is 5.31. The van der Waals surface area contributed by atoms with Crippen molar-refractivity contribution in [2.45, 2.75) is 10.7 Å². The number of aromatic nitrogens is 1. The van der Waals surface area contributed by atoms with Gasteiger partial charge >= 0.3 is 0 Å². The minimum Gasteiger partial charge on any atom is -0.339 e. The van der Waals surface area contributed by atoms with Gasteiger partial charge in [-0.15, -0.1) is 0 Å². The molecule has 0 spiro atoms. The molecule has 0 aliphatic carbocycles. The van der Waals surface area contributed by atoms with Crippen LogP contribution in [0.5, 0.6) is 0 Å². The predicted molar refractivity (Wildman–Crippen MR) is 73.5 cm³/mol. The molecular formula is C12H9BrF2N2S. The lowest BCUT2D eigenvalue weighted by Gasteiger charge is -2.10. The van der Waals surface area contributed by atoms with Crippen LogP contribution in [-0.2, 0) is 0 Å². The maximum Gasteiger partial charge on any atom is 0.288 e. The molecule has 0 atom stereocenters. The number of rotatable bonds is 4. The molecular weight excluding hydrogens is 322 g/mol. The highest BCUT2D eigenvalue weighted by Crippen LogP contribution is 2.32. The van der Waals surface area contributed by atoms with Crippen molar-refractivity contribution >= 4 is 39.2 Å². The quantitative estimate of drug-likeness (QED) is 0.807. The number of nitrogens with one attached hydrogen (secondary N) is 1. The summed E-state index contributed by atoms with van der Waals surface area (Å²) in [6, 6.07) is 10.5. The van der Waals surface area contributed by atoms with Gasteiger partial charge in [0.15, 0.2) is 0 Å². The Morgan fingerprint density at radius 3 is 2.61 bits per heavy atom. The van der Waals surface area contributed by atoms with Gasteiger partial charge in [0.25, 0.3) is 5.76 Å².